The lowest BCUT2D eigenvalue weighted by atomic mass is 10.1. The summed E-state index contributed by atoms with van der Waals surface area (Å²) in [6.45, 7) is 0.626. The SMILES string of the molecule is Nc1ccc(OCC2CCCC2)c(F)c1. The molecule has 0 radical (unpaired) electrons. The molecular weight excluding hydrogens is 193 g/mol. The van der Waals surface area contributed by atoms with Crippen LogP contribution in [0.1, 0.15) is 25.7 Å². The normalized spacial score (nSPS) is 16.9. The van der Waals surface area contributed by atoms with Crippen LogP contribution in [0.4, 0.5) is 10.1 Å². The molecule has 2 nitrogen and oxygen atoms in total. The van der Waals surface area contributed by atoms with Crippen molar-refractivity contribution in [1.29, 1.82) is 0 Å². The molecule has 3 heteroatoms. The van der Waals surface area contributed by atoms with Gasteiger partial charge in [-0.05, 0) is 30.9 Å². The molecular formula is C12H16FNO. The molecule has 82 valence electrons. The van der Waals surface area contributed by atoms with Gasteiger partial charge in [-0.2, -0.15) is 0 Å². The van der Waals surface area contributed by atoms with Crippen LogP contribution in [-0.2, 0) is 0 Å². The van der Waals surface area contributed by atoms with Crippen molar-refractivity contribution in [3.63, 3.8) is 0 Å². The molecule has 1 fully saturated rings. The molecule has 1 aliphatic carbocycles. The van der Waals surface area contributed by atoms with E-state index in [-0.39, 0.29) is 5.82 Å². The number of nitrogen functional groups attached to an aromatic ring is 1. The van der Waals surface area contributed by atoms with Crippen LogP contribution in [0, 0.1) is 11.7 Å². The maximum atomic E-state index is 13.3. The fourth-order valence-electron chi connectivity index (χ4n) is 2.02. The van der Waals surface area contributed by atoms with E-state index in [4.69, 9.17) is 10.5 Å². The van der Waals surface area contributed by atoms with Gasteiger partial charge in [0.2, 0.25) is 0 Å². The van der Waals surface area contributed by atoms with Crippen LogP contribution in [-0.4, -0.2) is 6.61 Å². The fraction of sp³-hybridized carbons (Fsp3) is 0.500. The monoisotopic (exact) mass is 209 g/mol. The number of benzene rings is 1. The Morgan fingerprint density at radius 3 is 2.73 bits per heavy atom. The average Bonchev–Trinajstić information content (AvgIpc) is 2.69. The van der Waals surface area contributed by atoms with E-state index in [1.54, 1.807) is 12.1 Å². The van der Waals surface area contributed by atoms with Crippen LogP contribution in [0.25, 0.3) is 0 Å². The van der Waals surface area contributed by atoms with Crippen molar-refractivity contribution in [2.45, 2.75) is 25.7 Å². The first-order chi connectivity index (χ1) is 7.25. The third kappa shape index (κ3) is 2.61. The molecule has 0 unspecified atom stereocenters. The fourth-order valence-corrected chi connectivity index (χ4v) is 2.02. The topological polar surface area (TPSA) is 35.2 Å². The Hall–Kier alpha value is -1.25. The number of anilines is 1. The molecule has 0 amide bonds. The highest BCUT2D eigenvalue weighted by Crippen LogP contribution is 2.26. The number of halogens is 1. The van der Waals surface area contributed by atoms with Gasteiger partial charge >= 0.3 is 0 Å². The van der Waals surface area contributed by atoms with Crippen molar-refractivity contribution in [2.75, 3.05) is 12.3 Å². The van der Waals surface area contributed by atoms with Crippen LogP contribution >= 0.6 is 0 Å². The summed E-state index contributed by atoms with van der Waals surface area (Å²) in [7, 11) is 0. The van der Waals surface area contributed by atoms with Gasteiger partial charge < -0.3 is 10.5 Å². The lowest BCUT2D eigenvalue weighted by molar-refractivity contribution is 0.242. The molecule has 0 aliphatic heterocycles. The minimum atomic E-state index is -0.368. The van der Waals surface area contributed by atoms with Crippen LogP contribution in [0.5, 0.6) is 5.75 Å². The van der Waals surface area contributed by atoms with E-state index in [9.17, 15) is 4.39 Å². The zero-order valence-electron chi connectivity index (χ0n) is 8.71. The Kier molecular flexibility index (Phi) is 3.09. The minimum Gasteiger partial charge on any atom is -0.490 e. The number of ether oxygens (including phenoxy) is 1. The molecule has 0 heterocycles. The molecule has 1 aromatic carbocycles. The largest absolute Gasteiger partial charge is 0.490 e. The van der Waals surface area contributed by atoms with E-state index in [1.807, 2.05) is 0 Å². The van der Waals surface area contributed by atoms with Gasteiger partial charge in [-0.15, -0.1) is 0 Å². The Labute approximate surface area is 89.2 Å². The number of nitrogens with two attached hydrogens (primary N) is 1. The van der Waals surface area contributed by atoms with Gasteiger partial charge in [0, 0.05) is 11.8 Å². The summed E-state index contributed by atoms with van der Waals surface area (Å²) >= 11 is 0. The summed E-state index contributed by atoms with van der Waals surface area (Å²) in [5, 5.41) is 0. The second kappa shape index (κ2) is 4.51. The Morgan fingerprint density at radius 1 is 1.33 bits per heavy atom. The van der Waals surface area contributed by atoms with Crippen molar-refractivity contribution >= 4 is 5.69 Å². The molecule has 2 N–H and O–H groups in total. The third-order valence-electron chi connectivity index (χ3n) is 2.91. The van der Waals surface area contributed by atoms with Crippen molar-refractivity contribution in [3.05, 3.63) is 24.0 Å². The van der Waals surface area contributed by atoms with E-state index in [1.165, 1.54) is 31.7 Å². The number of hydrogen-bond donors (Lipinski definition) is 1. The van der Waals surface area contributed by atoms with Gasteiger partial charge in [-0.1, -0.05) is 12.8 Å². The Bertz CT molecular complexity index is 334. The Balaban J connectivity index is 1.92. The predicted molar refractivity (Wildman–Crippen MR) is 58.3 cm³/mol. The summed E-state index contributed by atoms with van der Waals surface area (Å²) < 4.78 is 18.8. The summed E-state index contributed by atoms with van der Waals surface area (Å²) in [5.74, 6) is 0.547. The highest BCUT2D eigenvalue weighted by molar-refractivity contribution is 5.42. The van der Waals surface area contributed by atoms with Gasteiger partial charge in [0.15, 0.2) is 11.6 Å². The van der Waals surface area contributed by atoms with E-state index < -0.39 is 0 Å². The van der Waals surface area contributed by atoms with Crippen molar-refractivity contribution < 1.29 is 9.13 Å². The molecule has 1 aromatic rings. The number of hydrogen-bond acceptors (Lipinski definition) is 2. The first kappa shape index (κ1) is 10.3. The van der Waals surface area contributed by atoms with Gasteiger partial charge in [0.25, 0.3) is 0 Å². The van der Waals surface area contributed by atoms with E-state index in [0.717, 1.165) is 0 Å². The molecule has 2 rings (SSSR count). The standard InChI is InChI=1S/C12H16FNO/c13-11-7-10(14)5-6-12(11)15-8-9-3-1-2-4-9/h5-7,9H,1-4,8,14H2. The molecule has 1 aliphatic rings. The van der Waals surface area contributed by atoms with Crippen LogP contribution in [0.3, 0.4) is 0 Å². The van der Waals surface area contributed by atoms with Gasteiger partial charge in [-0.3, -0.25) is 0 Å². The molecule has 15 heavy (non-hydrogen) atoms. The lowest BCUT2D eigenvalue weighted by Gasteiger charge is -2.11. The highest BCUT2D eigenvalue weighted by atomic mass is 19.1. The molecule has 0 bridgehead atoms. The quantitative estimate of drug-likeness (QED) is 0.777. The average molecular weight is 209 g/mol. The van der Waals surface area contributed by atoms with Gasteiger partial charge in [-0.25, -0.2) is 4.39 Å². The second-order valence-electron chi connectivity index (χ2n) is 4.15. The molecule has 0 atom stereocenters. The molecule has 1 saturated carbocycles. The minimum absolute atomic E-state index is 0.316. The van der Waals surface area contributed by atoms with Crippen LogP contribution in [0.2, 0.25) is 0 Å². The summed E-state index contributed by atoms with van der Waals surface area (Å²) in [6.07, 6.45) is 4.96. The predicted octanol–water partition coefficient (Wildman–Crippen LogP) is 2.98. The smallest absolute Gasteiger partial charge is 0.167 e. The molecule has 0 aromatic heterocycles. The maximum absolute atomic E-state index is 13.3. The zero-order chi connectivity index (χ0) is 10.7. The maximum Gasteiger partial charge on any atom is 0.167 e. The second-order valence-corrected chi connectivity index (χ2v) is 4.15. The first-order valence-corrected chi connectivity index (χ1v) is 5.43. The van der Waals surface area contributed by atoms with Gasteiger partial charge in [0.1, 0.15) is 0 Å². The van der Waals surface area contributed by atoms with E-state index in [0.29, 0.717) is 24.0 Å². The van der Waals surface area contributed by atoms with E-state index >= 15 is 0 Å². The summed E-state index contributed by atoms with van der Waals surface area (Å²) in [5.41, 5.74) is 5.88. The molecule has 0 saturated heterocycles. The first-order valence-electron chi connectivity index (χ1n) is 5.43. The summed E-state index contributed by atoms with van der Waals surface area (Å²) in [6, 6.07) is 4.55. The van der Waals surface area contributed by atoms with Gasteiger partial charge in [0.05, 0.1) is 6.61 Å². The highest BCUT2D eigenvalue weighted by Gasteiger charge is 2.16. The van der Waals surface area contributed by atoms with E-state index in [2.05, 4.69) is 0 Å². The zero-order valence-corrected chi connectivity index (χ0v) is 8.71. The van der Waals surface area contributed by atoms with Crippen LogP contribution in [0.15, 0.2) is 18.2 Å². The third-order valence-corrected chi connectivity index (χ3v) is 2.91. The van der Waals surface area contributed by atoms with Crippen molar-refractivity contribution in [2.24, 2.45) is 5.92 Å². The van der Waals surface area contributed by atoms with Crippen molar-refractivity contribution in [1.82, 2.24) is 0 Å². The van der Waals surface area contributed by atoms with Crippen LogP contribution < -0.4 is 10.5 Å². The lowest BCUT2D eigenvalue weighted by Crippen LogP contribution is -2.08. The Morgan fingerprint density at radius 2 is 2.07 bits per heavy atom. The van der Waals surface area contributed by atoms with Crippen molar-refractivity contribution in [3.8, 4) is 5.75 Å². The molecule has 0 spiro atoms. The summed E-state index contributed by atoms with van der Waals surface area (Å²) in [4.78, 5) is 0. The number of rotatable bonds is 3.